The molecule has 2 bridgehead atoms. The van der Waals surface area contributed by atoms with E-state index in [1.54, 1.807) is 0 Å². The van der Waals surface area contributed by atoms with Crippen molar-refractivity contribution in [1.82, 2.24) is 5.32 Å². The van der Waals surface area contributed by atoms with Gasteiger partial charge in [-0.05, 0) is 44.2 Å². The number of nitrogens with one attached hydrogen (secondary N) is 1. The number of nitrogens with two attached hydrogens (primary N) is 1. The van der Waals surface area contributed by atoms with Gasteiger partial charge in [-0.1, -0.05) is 23.2 Å². The average molecular weight is 315 g/mol. The van der Waals surface area contributed by atoms with E-state index in [0.717, 1.165) is 32.1 Å². The molecule has 6 heteroatoms. The van der Waals surface area contributed by atoms with Crippen LogP contribution in [-0.2, 0) is 0 Å². The van der Waals surface area contributed by atoms with Gasteiger partial charge in [0.2, 0.25) is 0 Å². The smallest absolute Gasteiger partial charge is 0.255 e. The van der Waals surface area contributed by atoms with E-state index in [-0.39, 0.29) is 33.3 Å². The monoisotopic (exact) mass is 314 g/mol. The summed E-state index contributed by atoms with van der Waals surface area (Å²) in [5.41, 5.74) is 5.96. The Morgan fingerprint density at radius 2 is 1.90 bits per heavy atom. The maximum Gasteiger partial charge on any atom is 0.255 e. The molecule has 2 fully saturated rings. The van der Waals surface area contributed by atoms with Crippen LogP contribution in [0.1, 0.15) is 42.5 Å². The maximum absolute atomic E-state index is 12.4. The number of fused-ring (bicyclic) bond motifs is 2. The number of amides is 1. The van der Waals surface area contributed by atoms with Crippen LogP contribution in [-0.4, -0.2) is 22.1 Å². The molecule has 0 atom stereocenters. The SMILES string of the molecule is NC12CCC(NC(=O)c3cc(Cl)cc(Cl)c3O)(CC1)C2. The summed E-state index contributed by atoms with van der Waals surface area (Å²) in [4.78, 5) is 12.4. The quantitative estimate of drug-likeness (QED) is 0.785. The molecule has 1 amide bonds. The number of hydrogen-bond donors (Lipinski definition) is 3. The maximum atomic E-state index is 12.4. The first-order valence-electron chi connectivity index (χ1n) is 6.62. The van der Waals surface area contributed by atoms with Gasteiger partial charge in [0.05, 0.1) is 10.6 Å². The van der Waals surface area contributed by atoms with Gasteiger partial charge in [0.1, 0.15) is 5.75 Å². The molecule has 1 aromatic rings. The second-order valence-electron chi connectivity index (χ2n) is 6.06. The van der Waals surface area contributed by atoms with E-state index in [0.29, 0.717) is 5.02 Å². The van der Waals surface area contributed by atoms with Crippen LogP contribution < -0.4 is 11.1 Å². The molecule has 0 aliphatic heterocycles. The predicted molar refractivity (Wildman–Crippen MR) is 78.3 cm³/mol. The lowest BCUT2D eigenvalue weighted by atomic mass is 9.91. The lowest BCUT2D eigenvalue weighted by Gasteiger charge is -2.28. The summed E-state index contributed by atoms with van der Waals surface area (Å²) in [5.74, 6) is -0.585. The number of halogens is 2. The Bertz CT molecular complexity index is 581. The molecule has 3 rings (SSSR count). The third kappa shape index (κ3) is 2.26. The minimum absolute atomic E-state index is 0.0752. The zero-order chi connectivity index (χ0) is 14.5. The molecule has 108 valence electrons. The highest BCUT2D eigenvalue weighted by Gasteiger charge is 2.53. The summed E-state index contributed by atoms with van der Waals surface area (Å²) >= 11 is 11.7. The fourth-order valence-electron chi connectivity index (χ4n) is 3.47. The average Bonchev–Trinajstić information content (AvgIpc) is 2.86. The number of hydrogen-bond acceptors (Lipinski definition) is 3. The highest BCUT2D eigenvalue weighted by Crippen LogP contribution is 2.49. The van der Waals surface area contributed by atoms with E-state index in [9.17, 15) is 9.90 Å². The van der Waals surface area contributed by atoms with Crippen LogP contribution >= 0.6 is 23.2 Å². The number of carbonyl (C=O) groups excluding carboxylic acids is 1. The molecule has 2 saturated carbocycles. The molecule has 2 aliphatic rings. The Kier molecular flexibility index (Phi) is 3.16. The summed E-state index contributed by atoms with van der Waals surface area (Å²) in [6, 6.07) is 2.83. The summed E-state index contributed by atoms with van der Waals surface area (Å²) in [6.45, 7) is 0. The van der Waals surface area contributed by atoms with Crippen LogP contribution in [0.4, 0.5) is 0 Å². The van der Waals surface area contributed by atoms with Crippen LogP contribution in [0.5, 0.6) is 5.75 Å². The van der Waals surface area contributed by atoms with E-state index in [4.69, 9.17) is 28.9 Å². The number of phenolic OH excluding ortho intramolecular Hbond substituents is 1. The molecule has 20 heavy (non-hydrogen) atoms. The summed E-state index contributed by atoms with van der Waals surface area (Å²) < 4.78 is 0. The Morgan fingerprint density at radius 3 is 2.45 bits per heavy atom. The van der Waals surface area contributed by atoms with E-state index in [1.165, 1.54) is 12.1 Å². The fraction of sp³-hybridized carbons (Fsp3) is 0.500. The van der Waals surface area contributed by atoms with Crippen molar-refractivity contribution in [2.75, 3.05) is 0 Å². The van der Waals surface area contributed by atoms with Crippen molar-refractivity contribution in [3.63, 3.8) is 0 Å². The van der Waals surface area contributed by atoms with Crippen LogP contribution in [0, 0.1) is 0 Å². The van der Waals surface area contributed by atoms with Gasteiger partial charge >= 0.3 is 0 Å². The summed E-state index contributed by atoms with van der Waals surface area (Å²) in [7, 11) is 0. The van der Waals surface area contributed by atoms with Crippen LogP contribution in [0.15, 0.2) is 12.1 Å². The molecule has 0 aromatic heterocycles. The molecule has 0 heterocycles. The highest BCUT2D eigenvalue weighted by atomic mass is 35.5. The van der Waals surface area contributed by atoms with Crippen LogP contribution in [0.25, 0.3) is 0 Å². The highest BCUT2D eigenvalue weighted by molar-refractivity contribution is 6.36. The second kappa shape index (κ2) is 4.52. The number of aromatic hydroxyl groups is 1. The summed E-state index contributed by atoms with van der Waals surface area (Å²) in [6.07, 6.45) is 4.40. The number of rotatable bonds is 2. The molecular formula is C14H16Cl2N2O2. The van der Waals surface area contributed by atoms with Gasteiger partial charge in [-0.3, -0.25) is 4.79 Å². The minimum atomic E-state index is -0.349. The zero-order valence-electron chi connectivity index (χ0n) is 10.9. The summed E-state index contributed by atoms with van der Waals surface area (Å²) in [5, 5.41) is 13.3. The van der Waals surface area contributed by atoms with Gasteiger partial charge in [-0.25, -0.2) is 0 Å². The van der Waals surface area contributed by atoms with Gasteiger partial charge < -0.3 is 16.2 Å². The molecule has 1 aromatic carbocycles. The first-order valence-corrected chi connectivity index (χ1v) is 7.38. The Hall–Kier alpha value is -0.970. The zero-order valence-corrected chi connectivity index (χ0v) is 12.4. The van der Waals surface area contributed by atoms with Crippen molar-refractivity contribution in [3.05, 3.63) is 27.7 Å². The minimum Gasteiger partial charge on any atom is -0.506 e. The van der Waals surface area contributed by atoms with Gasteiger partial charge in [-0.15, -0.1) is 0 Å². The number of phenols is 1. The van der Waals surface area contributed by atoms with Gasteiger partial charge in [0.15, 0.2) is 0 Å². The third-order valence-corrected chi connectivity index (χ3v) is 5.05. The standard InChI is InChI=1S/C14H16Cl2N2O2/c15-8-5-9(11(19)10(16)6-8)12(20)18-14-3-1-13(17,7-14)2-4-14/h5-6,19H,1-4,7,17H2,(H,18,20). The number of benzene rings is 1. The van der Waals surface area contributed by atoms with Crippen molar-refractivity contribution < 1.29 is 9.90 Å². The Balaban J connectivity index is 1.84. The second-order valence-corrected chi connectivity index (χ2v) is 6.90. The van der Waals surface area contributed by atoms with E-state index < -0.39 is 0 Å². The van der Waals surface area contributed by atoms with Crippen molar-refractivity contribution in [3.8, 4) is 5.75 Å². The molecule has 4 nitrogen and oxygen atoms in total. The Labute approximate surface area is 127 Å². The van der Waals surface area contributed by atoms with Gasteiger partial charge in [0, 0.05) is 16.1 Å². The lowest BCUT2D eigenvalue weighted by Crippen LogP contribution is -2.45. The molecule has 0 radical (unpaired) electrons. The molecular weight excluding hydrogens is 299 g/mol. The van der Waals surface area contributed by atoms with Crippen LogP contribution in [0.2, 0.25) is 10.0 Å². The van der Waals surface area contributed by atoms with E-state index >= 15 is 0 Å². The molecule has 0 spiro atoms. The fourth-order valence-corrected chi connectivity index (χ4v) is 3.96. The Morgan fingerprint density at radius 1 is 1.25 bits per heavy atom. The molecule has 0 saturated heterocycles. The topological polar surface area (TPSA) is 75.3 Å². The third-order valence-electron chi connectivity index (χ3n) is 4.54. The number of carbonyl (C=O) groups is 1. The largest absolute Gasteiger partial charge is 0.506 e. The van der Waals surface area contributed by atoms with E-state index in [1.807, 2.05) is 0 Å². The van der Waals surface area contributed by atoms with Crippen molar-refractivity contribution >= 4 is 29.1 Å². The molecule has 4 N–H and O–H groups in total. The van der Waals surface area contributed by atoms with E-state index in [2.05, 4.69) is 5.32 Å². The van der Waals surface area contributed by atoms with Crippen molar-refractivity contribution in [2.45, 2.75) is 43.2 Å². The lowest BCUT2D eigenvalue weighted by molar-refractivity contribution is 0.0898. The first-order chi connectivity index (χ1) is 9.33. The van der Waals surface area contributed by atoms with Crippen molar-refractivity contribution in [2.24, 2.45) is 5.73 Å². The first kappa shape index (κ1) is 14.0. The predicted octanol–water partition coefficient (Wildman–Crippen LogP) is 2.84. The normalized spacial score (nSPS) is 31.6. The van der Waals surface area contributed by atoms with Crippen molar-refractivity contribution in [1.29, 1.82) is 0 Å². The van der Waals surface area contributed by atoms with Gasteiger partial charge in [0.25, 0.3) is 5.91 Å². The molecule has 0 unspecified atom stereocenters. The van der Waals surface area contributed by atoms with Crippen LogP contribution in [0.3, 0.4) is 0 Å². The molecule has 2 aliphatic carbocycles. The van der Waals surface area contributed by atoms with Gasteiger partial charge in [-0.2, -0.15) is 0 Å².